The first kappa shape index (κ1) is 16.7. The molecule has 1 fully saturated rings. The molecule has 1 aliphatic heterocycles. The van der Waals surface area contributed by atoms with Gasteiger partial charge in [0, 0.05) is 32.0 Å². The monoisotopic (exact) mass is 351 g/mol. The van der Waals surface area contributed by atoms with Crippen molar-refractivity contribution in [2.75, 3.05) is 25.9 Å². The van der Waals surface area contributed by atoms with Gasteiger partial charge < -0.3 is 15.0 Å². The summed E-state index contributed by atoms with van der Waals surface area (Å²) in [6.45, 7) is 1.79. The van der Waals surface area contributed by atoms with Gasteiger partial charge >= 0.3 is 6.03 Å². The lowest BCUT2D eigenvalue weighted by atomic mass is 10.1. The predicted molar refractivity (Wildman–Crippen MR) is 90.0 cm³/mol. The van der Waals surface area contributed by atoms with Gasteiger partial charge in [-0.1, -0.05) is 6.07 Å². The number of nitrogens with zero attached hydrogens (tertiary/aromatic N) is 3. The maximum Gasteiger partial charge on any atom is 0.315 e. The van der Waals surface area contributed by atoms with E-state index in [-0.39, 0.29) is 11.9 Å². The van der Waals surface area contributed by atoms with Gasteiger partial charge in [-0.15, -0.1) is 0 Å². The van der Waals surface area contributed by atoms with Crippen LogP contribution in [0, 0.1) is 5.92 Å². The topological polar surface area (TPSA) is 95.8 Å². The minimum absolute atomic E-state index is 0.153. The second-order valence-corrected chi connectivity index (χ2v) is 8.02. The average Bonchev–Trinajstić information content (AvgIpc) is 3.16. The van der Waals surface area contributed by atoms with Gasteiger partial charge in [-0.3, -0.25) is 0 Å². The van der Waals surface area contributed by atoms with Crippen LogP contribution < -0.4 is 10.6 Å². The molecule has 3 rings (SSSR count). The van der Waals surface area contributed by atoms with Crippen molar-refractivity contribution in [3.05, 3.63) is 36.3 Å². The normalized spacial score (nSPS) is 18.8. The highest BCUT2D eigenvalue weighted by atomic mass is 32.2. The molecule has 2 aromatic rings. The van der Waals surface area contributed by atoms with Crippen LogP contribution in [0.15, 0.2) is 30.6 Å². The molecule has 2 N–H and O–H groups in total. The van der Waals surface area contributed by atoms with Gasteiger partial charge in [-0.2, -0.15) is 0 Å². The van der Waals surface area contributed by atoms with Crippen LogP contribution in [0.4, 0.5) is 4.79 Å². The number of pyridine rings is 1. The van der Waals surface area contributed by atoms with Gasteiger partial charge in [0.1, 0.15) is 5.65 Å². The van der Waals surface area contributed by atoms with E-state index in [1.54, 1.807) is 0 Å². The zero-order valence-corrected chi connectivity index (χ0v) is 14.3. The quantitative estimate of drug-likeness (QED) is 0.816. The molecule has 0 aromatic carbocycles. The molecule has 0 radical (unpaired) electrons. The van der Waals surface area contributed by atoms with E-state index in [1.807, 2.05) is 35.0 Å². The van der Waals surface area contributed by atoms with E-state index < -0.39 is 10.0 Å². The van der Waals surface area contributed by atoms with E-state index in [0.717, 1.165) is 17.8 Å². The fourth-order valence-corrected chi connectivity index (χ4v) is 3.73. The van der Waals surface area contributed by atoms with Crippen molar-refractivity contribution in [3.8, 4) is 0 Å². The molecule has 0 spiro atoms. The Hall–Kier alpha value is -2.13. The first-order chi connectivity index (χ1) is 11.4. The third kappa shape index (κ3) is 4.04. The standard InChI is InChI=1S/C15H21N5O3S/c1-24(22,23)20-7-5-12(10-20)8-16-15(21)17-9-13-11-19-6-3-2-4-14(19)18-13/h2-4,6,11-12H,5,7-10H2,1H3,(H2,16,17,21). The second kappa shape index (κ2) is 6.78. The molecule has 2 amide bonds. The molecule has 0 bridgehead atoms. The van der Waals surface area contributed by atoms with Crippen LogP contribution in [-0.4, -0.2) is 54.0 Å². The van der Waals surface area contributed by atoms with Gasteiger partial charge in [-0.25, -0.2) is 22.5 Å². The van der Waals surface area contributed by atoms with Crippen molar-refractivity contribution < 1.29 is 13.2 Å². The summed E-state index contributed by atoms with van der Waals surface area (Å²) in [4.78, 5) is 16.3. The van der Waals surface area contributed by atoms with Gasteiger partial charge in [-0.05, 0) is 24.5 Å². The molecule has 2 aromatic heterocycles. The molecule has 0 saturated carbocycles. The molecule has 0 aliphatic carbocycles. The van der Waals surface area contributed by atoms with E-state index in [2.05, 4.69) is 15.6 Å². The van der Waals surface area contributed by atoms with Crippen LogP contribution in [-0.2, 0) is 16.6 Å². The lowest BCUT2D eigenvalue weighted by molar-refractivity contribution is 0.238. The number of imidazole rings is 1. The Balaban J connectivity index is 1.43. The summed E-state index contributed by atoms with van der Waals surface area (Å²) >= 11 is 0. The Morgan fingerprint density at radius 1 is 1.38 bits per heavy atom. The third-order valence-corrected chi connectivity index (χ3v) is 5.38. The van der Waals surface area contributed by atoms with Crippen LogP contribution in [0.5, 0.6) is 0 Å². The van der Waals surface area contributed by atoms with Crippen LogP contribution in [0.25, 0.3) is 5.65 Å². The Morgan fingerprint density at radius 2 is 2.21 bits per heavy atom. The van der Waals surface area contributed by atoms with E-state index in [9.17, 15) is 13.2 Å². The van der Waals surface area contributed by atoms with Crippen LogP contribution in [0.3, 0.4) is 0 Å². The molecule has 24 heavy (non-hydrogen) atoms. The minimum atomic E-state index is -3.14. The van der Waals surface area contributed by atoms with Crippen LogP contribution in [0.2, 0.25) is 0 Å². The maximum atomic E-state index is 11.9. The Kier molecular flexibility index (Phi) is 4.72. The highest BCUT2D eigenvalue weighted by Gasteiger charge is 2.28. The number of amides is 2. The molecule has 1 atom stereocenters. The zero-order valence-electron chi connectivity index (χ0n) is 13.5. The number of rotatable bonds is 5. The number of urea groups is 1. The minimum Gasteiger partial charge on any atom is -0.338 e. The molecule has 3 heterocycles. The fourth-order valence-electron chi connectivity index (χ4n) is 2.81. The van der Waals surface area contributed by atoms with Crippen molar-refractivity contribution in [2.24, 2.45) is 5.92 Å². The lowest BCUT2D eigenvalue weighted by Crippen LogP contribution is -2.38. The summed E-state index contributed by atoms with van der Waals surface area (Å²) in [6.07, 6.45) is 5.75. The number of aromatic nitrogens is 2. The van der Waals surface area contributed by atoms with E-state index in [1.165, 1.54) is 10.6 Å². The maximum absolute atomic E-state index is 11.9. The summed E-state index contributed by atoms with van der Waals surface area (Å²) in [6, 6.07) is 5.45. The summed E-state index contributed by atoms with van der Waals surface area (Å²) in [5.74, 6) is 0.153. The summed E-state index contributed by atoms with van der Waals surface area (Å²) < 4.78 is 26.3. The van der Waals surface area contributed by atoms with Crippen LogP contribution >= 0.6 is 0 Å². The van der Waals surface area contributed by atoms with Crippen molar-refractivity contribution in [1.29, 1.82) is 0 Å². The second-order valence-electron chi connectivity index (χ2n) is 6.04. The number of hydrogen-bond donors (Lipinski definition) is 2. The number of hydrogen-bond acceptors (Lipinski definition) is 4. The predicted octanol–water partition coefficient (Wildman–Crippen LogP) is 0.415. The highest BCUT2D eigenvalue weighted by molar-refractivity contribution is 7.88. The molecule has 8 nitrogen and oxygen atoms in total. The zero-order chi connectivity index (χ0) is 17.2. The summed E-state index contributed by atoms with van der Waals surface area (Å²) in [7, 11) is -3.14. The first-order valence-electron chi connectivity index (χ1n) is 7.81. The van der Waals surface area contributed by atoms with Gasteiger partial charge in [0.25, 0.3) is 0 Å². The molecule has 1 aliphatic rings. The van der Waals surface area contributed by atoms with Crippen LogP contribution in [0.1, 0.15) is 12.1 Å². The highest BCUT2D eigenvalue weighted by Crippen LogP contribution is 2.17. The lowest BCUT2D eigenvalue weighted by Gasteiger charge is -2.14. The SMILES string of the molecule is CS(=O)(=O)N1CCC(CNC(=O)NCc2cn3ccccc3n2)C1. The van der Waals surface area contributed by atoms with Gasteiger partial charge in [0.2, 0.25) is 10.0 Å². The number of nitrogens with one attached hydrogen (secondary N) is 2. The molecule has 9 heteroatoms. The molecule has 130 valence electrons. The number of fused-ring (bicyclic) bond motifs is 1. The first-order valence-corrected chi connectivity index (χ1v) is 9.66. The summed E-state index contributed by atoms with van der Waals surface area (Å²) in [5.41, 5.74) is 1.61. The third-order valence-electron chi connectivity index (χ3n) is 4.11. The Labute approximate surface area is 140 Å². The number of carbonyl (C=O) groups is 1. The Morgan fingerprint density at radius 3 is 2.92 bits per heavy atom. The Bertz CT molecular complexity index is 800. The molecule has 1 unspecified atom stereocenters. The van der Waals surface area contributed by atoms with E-state index >= 15 is 0 Å². The fraction of sp³-hybridized carbons (Fsp3) is 0.467. The van der Waals surface area contributed by atoms with E-state index in [4.69, 9.17) is 0 Å². The largest absolute Gasteiger partial charge is 0.338 e. The van der Waals surface area contributed by atoms with E-state index in [0.29, 0.717) is 26.2 Å². The van der Waals surface area contributed by atoms with Crippen molar-refractivity contribution in [1.82, 2.24) is 24.3 Å². The number of carbonyl (C=O) groups excluding carboxylic acids is 1. The molecule has 1 saturated heterocycles. The van der Waals surface area contributed by atoms with Crippen molar-refractivity contribution in [3.63, 3.8) is 0 Å². The van der Waals surface area contributed by atoms with Crippen molar-refractivity contribution >= 4 is 21.7 Å². The van der Waals surface area contributed by atoms with Gasteiger partial charge in [0.15, 0.2) is 0 Å². The van der Waals surface area contributed by atoms with Crippen molar-refractivity contribution in [2.45, 2.75) is 13.0 Å². The smallest absolute Gasteiger partial charge is 0.315 e. The molecular formula is C15H21N5O3S. The number of sulfonamides is 1. The van der Waals surface area contributed by atoms with Gasteiger partial charge in [0.05, 0.1) is 18.5 Å². The average molecular weight is 351 g/mol. The molecular weight excluding hydrogens is 330 g/mol. The summed E-state index contributed by atoms with van der Waals surface area (Å²) in [5, 5.41) is 5.56.